The quantitative estimate of drug-likeness (QED) is 0.250. The molecule has 184 valence electrons. The van der Waals surface area contributed by atoms with Crippen LogP contribution in [0.2, 0.25) is 0 Å². The molecule has 8 nitrogen and oxygen atoms in total. The number of benzene rings is 2. The molecule has 1 heterocycles. The topological polar surface area (TPSA) is 126 Å². The number of H-pyrrole nitrogens is 1. The number of nitrogens with one attached hydrogen (secondary N) is 3. The largest absolute Gasteiger partial charge is 0.494 e. The smallest absolute Gasteiger partial charge is 0.240 e. The van der Waals surface area contributed by atoms with Crippen molar-refractivity contribution in [2.45, 2.75) is 31.6 Å². The van der Waals surface area contributed by atoms with E-state index in [1.54, 1.807) is 36.4 Å². The molecule has 2 aromatic carbocycles. The fraction of sp³-hybridized carbons (Fsp3) is 0.308. The number of aromatic nitrogens is 1. The van der Waals surface area contributed by atoms with Crippen LogP contribution >= 0.6 is 0 Å². The molecule has 1 aromatic heterocycles. The van der Waals surface area contributed by atoms with Crippen molar-refractivity contribution in [1.29, 1.82) is 5.41 Å². The van der Waals surface area contributed by atoms with Crippen molar-refractivity contribution in [2.75, 3.05) is 26.2 Å². The van der Waals surface area contributed by atoms with Crippen molar-refractivity contribution < 1.29 is 18.3 Å². The molecular weight excluding hydrogens is 464 g/mol. The molecule has 0 saturated heterocycles. The number of hydrogen-bond donors (Lipinski definition) is 4. The molecule has 35 heavy (non-hydrogen) atoms. The molecular formula is C26H30N4O4S. The van der Waals surface area contributed by atoms with Crippen LogP contribution in [-0.4, -0.2) is 61.1 Å². The maximum Gasteiger partial charge on any atom is 0.240 e. The predicted molar refractivity (Wildman–Crippen MR) is 136 cm³/mol. The van der Waals surface area contributed by atoms with Crippen LogP contribution in [0, 0.1) is 5.41 Å². The lowest BCUT2D eigenvalue weighted by atomic mass is 9.84. The van der Waals surface area contributed by atoms with Gasteiger partial charge in [0.25, 0.3) is 0 Å². The third-order valence-corrected chi connectivity index (χ3v) is 7.92. The number of unbranched alkanes of at least 4 members (excludes halogenated alkanes) is 1. The lowest BCUT2D eigenvalue weighted by molar-refractivity contribution is 0.103. The van der Waals surface area contributed by atoms with E-state index in [-0.39, 0.29) is 33.4 Å². The number of sulfonamides is 1. The van der Waals surface area contributed by atoms with E-state index < -0.39 is 10.0 Å². The van der Waals surface area contributed by atoms with Gasteiger partial charge in [-0.15, -0.1) is 0 Å². The Kier molecular flexibility index (Phi) is 7.20. The van der Waals surface area contributed by atoms with Gasteiger partial charge in [0.15, 0.2) is 11.7 Å². The highest BCUT2D eigenvalue weighted by Gasteiger charge is 2.34. The maximum atomic E-state index is 13.2. The second kappa shape index (κ2) is 10.2. The molecule has 9 heteroatoms. The fourth-order valence-electron chi connectivity index (χ4n) is 4.43. The molecule has 3 aromatic rings. The molecule has 1 aliphatic rings. The summed E-state index contributed by atoms with van der Waals surface area (Å²) in [7, 11) is -3.67. The standard InChI is InChI=1S/C26H30N4O4S/c1-3-30(4-2)16-8-7-15-28-35(33,34)18-13-11-17(12-14-18)24-22-21(26(32)29-24)23(27)19-9-5-6-10-20(19)25(22)31/h5-6,9-14,27-29,32H,3-4,7-8,15-16H2,1-2H3. The zero-order chi connectivity index (χ0) is 25.2. The molecule has 4 N–H and O–H groups in total. The Bertz CT molecular complexity index is 1360. The Hall–Kier alpha value is -3.27. The van der Waals surface area contributed by atoms with Gasteiger partial charge in [-0.3, -0.25) is 10.2 Å². The lowest BCUT2D eigenvalue weighted by Gasteiger charge is -2.17. The Morgan fingerprint density at radius 3 is 2.29 bits per heavy atom. The van der Waals surface area contributed by atoms with Crippen molar-refractivity contribution in [2.24, 2.45) is 0 Å². The van der Waals surface area contributed by atoms with Gasteiger partial charge in [-0.1, -0.05) is 50.2 Å². The summed E-state index contributed by atoms with van der Waals surface area (Å²) >= 11 is 0. The van der Waals surface area contributed by atoms with Gasteiger partial charge in [0.1, 0.15) is 0 Å². The van der Waals surface area contributed by atoms with Gasteiger partial charge in [-0.25, -0.2) is 13.1 Å². The van der Waals surface area contributed by atoms with Crippen molar-refractivity contribution >= 4 is 21.5 Å². The Morgan fingerprint density at radius 1 is 0.971 bits per heavy atom. The predicted octanol–water partition coefficient (Wildman–Crippen LogP) is 3.75. The molecule has 0 atom stereocenters. The third-order valence-electron chi connectivity index (χ3n) is 6.44. The third kappa shape index (κ3) is 4.80. The second-order valence-corrected chi connectivity index (χ2v) is 10.3. The first-order valence-electron chi connectivity index (χ1n) is 11.8. The van der Waals surface area contributed by atoms with Gasteiger partial charge in [0.05, 0.1) is 27.4 Å². The van der Waals surface area contributed by atoms with Gasteiger partial charge in [0, 0.05) is 17.7 Å². The van der Waals surface area contributed by atoms with E-state index in [1.165, 1.54) is 12.1 Å². The number of aromatic amines is 1. The average molecular weight is 495 g/mol. The van der Waals surface area contributed by atoms with Crippen LogP contribution in [0.3, 0.4) is 0 Å². The Labute approximate surface area is 205 Å². The first-order valence-corrected chi connectivity index (χ1v) is 13.3. The first-order chi connectivity index (χ1) is 16.8. The SMILES string of the molecule is CCN(CC)CCCCNS(=O)(=O)c1ccc(-c2[nH]c(O)c3c2C(=O)c2ccccc2C3=N)cc1. The van der Waals surface area contributed by atoms with Crippen LogP contribution in [0.15, 0.2) is 53.4 Å². The summed E-state index contributed by atoms with van der Waals surface area (Å²) in [5, 5.41) is 19.0. The van der Waals surface area contributed by atoms with E-state index >= 15 is 0 Å². The summed E-state index contributed by atoms with van der Waals surface area (Å²) in [5.74, 6) is -0.549. The van der Waals surface area contributed by atoms with Crippen molar-refractivity contribution in [1.82, 2.24) is 14.6 Å². The van der Waals surface area contributed by atoms with Crippen LogP contribution in [0.4, 0.5) is 0 Å². The molecule has 0 spiro atoms. The van der Waals surface area contributed by atoms with E-state index in [1.807, 2.05) is 0 Å². The maximum absolute atomic E-state index is 13.2. The van der Waals surface area contributed by atoms with E-state index in [2.05, 4.69) is 28.5 Å². The number of carbonyl (C=O) groups excluding carboxylic acids is 1. The van der Waals surface area contributed by atoms with Gasteiger partial charge in [0.2, 0.25) is 10.0 Å². The number of aromatic hydroxyl groups is 1. The van der Waals surface area contributed by atoms with Crippen LogP contribution in [0.1, 0.15) is 53.7 Å². The Morgan fingerprint density at radius 2 is 1.63 bits per heavy atom. The molecule has 0 bridgehead atoms. The monoisotopic (exact) mass is 494 g/mol. The van der Waals surface area contributed by atoms with Crippen LogP contribution < -0.4 is 4.72 Å². The number of hydrogen-bond acceptors (Lipinski definition) is 6. The van der Waals surface area contributed by atoms with Crippen LogP contribution in [0.5, 0.6) is 5.88 Å². The van der Waals surface area contributed by atoms with E-state index in [0.29, 0.717) is 28.9 Å². The molecule has 1 aliphatic carbocycles. The van der Waals surface area contributed by atoms with Crippen molar-refractivity contribution in [3.05, 3.63) is 70.8 Å². The number of ketones is 1. The summed E-state index contributed by atoms with van der Waals surface area (Å²) < 4.78 is 28.1. The molecule has 0 saturated carbocycles. The van der Waals surface area contributed by atoms with Gasteiger partial charge in [-0.2, -0.15) is 0 Å². The normalized spacial score (nSPS) is 13.2. The number of fused-ring (bicyclic) bond motifs is 2. The van der Waals surface area contributed by atoms with Gasteiger partial charge >= 0.3 is 0 Å². The van der Waals surface area contributed by atoms with E-state index in [9.17, 15) is 18.3 Å². The minimum absolute atomic E-state index is 0.0691. The number of carbonyl (C=O) groups is 1. The van der Waals surface area contributed by atoms with Crippen LogP contribution in [-0.2, 0) is 10.0 Å². The van der Waals surface area contributed by atoms with Crippen molar-refractivity contribution in [3.63, 3.8) is 0 Å². The molecule has 0 aliphatic heterocycles. The fourth-order valence-corrected chi connectivity index (χ4v) is 5.51. The van der Waals surface area contributed by atoms with Gasteiger partial charge in [-0.05, 0) is 50.2 Å². The molecule has 0 fully saturated rings. The average Bonchev–Trinajstić information content (AvgIpc) is 3.22. The summed E-state index contributed by atoms with van der Waals surface area (Å²) in [5.41, 5.74) is 2.21. The molecule has 0 radical (unpaired) electrons. The summed E-state index contributed by atoms with van der Waals surface area (Å²) in [6.45, 7) is 7.49. The second-order valence-electron chi connectivity index (χ2n) is 8.50. The zero-order valence-electron chi connectivity index (χ0n) is 19.9. The molecule has 4 rings (SSSR count). The summed E-state index contributed by atoms with van der Waals surface area (Å²) in [6.07, 6.45) is 1.66. The number of rotatable bonds is 10. The van der Waals surface area contributed by atoms with Crippen LogP contribution in [0.25, 0.3) is 11.3 Å². The van der Waals surface area contributed by atoms with E-state index in [0.717, 1.165) is 32.5 Å². The minimum Gasteiger partial charge on any atom is -0.494 e. The number of nitrogens with zero attached hydrogens (tertiary/aromatic N) is 1. The summed E-state index contributed by atoms with van der Waals surface area (Å²) in [6, 6.07) is 13.0. The highest BCUT2D eigenvalue weighted by atomic mass is 32.2. The summed E-state index contributed by atoms with van der Waals surface area (Å²) in [4.78, 5) is 18.4. The zero-order valence-corrected chi connectivity index (χ0v) is 20.7. The van der Waals surface area contributed by atoms with Crippen molar-refractivity contribution in [3.8, 4) is 17.1 Å². The first kappa shape index (κ1) is 24.8. The highest BCUT2D eigenvalue weighted by molar-refractivity contribution is 7.89. The lowest BCUT2D eigenvalue weighted by Crippen LogP contribution is -2.27. The van der Waals surface area contributed by atoms with E-state index in [4.69, 9.17) is 5.41 Å². The molecule has 0 unspecified atom stereocenters. The Balaban J connectivity index is 1.51. The van der Waals surface area contributed by atoms with Gasteiger partial charge < -0.3 is 15.0 Å². The minimum atomic E-state index is -3.67. The highest BCUT2D eigenvalue weighted by Crippen LogP contribution is 2.39. The molecule has 0 amide bonds.